The molecule has 1 atom stereocenters. The van der Waals surface area contributed by atoms with Crippen LogP contribution in [-0.2, 0) is 0 Å². The molecule has 0 aromatic heterocycles. The normalized spacial score (nSPS) is 12.0. The first kappa shape index (κ1) is 13.7. The molecule has 2 rings (SSSR count). The molecule has 0 bridgehead atoms. The Morgan fingerprint density at radius 1 is 1.00 bits per heavy atom. The van der Waals surface area contributed by atoms with E-state index in [1.54, 1.807) is 19.2 Å². The molecular weight excluding hydrogens is 264 g/mol. The first-order valence-corrected chi connectivity index (χ1v) is 6.20. The van der Waals surface area contributed by atoms with Gasteiger partial charge in [-0.25, -0.2) is 0 Å². The number of aliphatic hydroxyl groups is 1. The lowest BCUT2D eigenvalue weighted by Gasteiger charge is -2.17. The Bertz CT molecular complexity index is 555. The topological polar surface area (TPSA) is 38.7 Å². The molecule has 0 fully saturated rings. The Hall–Kier alpha value is -1.71. The highest BCUT2D eigenvalue weighted by molar-refractivity contribution is 6.33. The van der Waals surface area contributed by atoms with E-state index < -0.39 is 6.10 Å². The van der Waals surface area contributed by atoms with Crippen molar-refractivity contribution in [2.45, 2.75) is 6.10 Å². The van der Waals surface area contributed by atoms with E-state index in [1.807, 2.05) is 30.3 Å². The van der Waals surface area contributed by atoms with Crippen LogP contribution in [-0.4, -0.2) is 19.3 Å². The molecule has 0 saturated carbocycles. The molecule has 0 aliphatic carbocycles. The summed E-state index contributed by atoms with van der Waals surface area (Å²) in [6, 6.07) is 12.8. The van der Waals surface area contributed by atoms with Gasteiger partial charge >= 0.3 is 0 Å². The van der Waals surface area contributed by atoms with E-state index in [0.717, 1.165) is 5.56 Å². The van der Waals surface area contributed by atoms with Crippen molar-refractivity contribution in [2.24, 2.45) is 0 Å². The van der Waals surface area contributed by atoms with Crippen molar-refractivity contribution < 1.29 is 14.6 Å². The van der Waals surface area contributed by atoms with Crippen LogP contribution in [0.15, 0.2) is 42.5 Å². The summed E-state index contributed by atoms with van der Waals surface area (Å²) in [6.45, 7) is 0. The molecule has 1 N–H and O–H groups in total. The maximum absolute atomic E-state index is 10.4. The van der Waals surface area contributed by atoms with Crippen molar-refractivity contribution in [1.82, 2.24) is 0 Å². The van der Waals surface area contributed by atoms with Crippen molar-refractivity contribution in [3.05, 3.63) is 58.6 Å². The number of hydrogen-bond acceptors (Lipinski definition) is 3. The second-order valence-corrected chi connectivity index (χ2v) is 4.40. The number of ether oxygens (including phenoxy) is 2. The molecule has 2 aromatic carbocycles. The van der Waals surface area contributed by atoms with E-state index in [2.05, 4.69) is 0 Å². The van der Waals surface area contributed by atoms with Crippen LogP contribution in [0.25, 0.3) is 0 Å². The second kappa shape index (κ2) is 5.95. The highest BCUT2D eigenvalue weighted by Gasteiger charge is 2.19. The van der Waals surface area contributed by atoms with E-state index >= 15 is 0 Å². The van der Waals surface area contributed by atoms with Crippen LogP contribution in [0.4, 0.5) is 0 Å². The van der Waals surface area contributed by atoms with Crippen LogP contribution in [0.5, 0.6) is 11.5 Å². The highest BCUT2D eigenvalue weighted by Crippen LogP contribution is 2.40. The molecule has 0 aliphatic rings. The predicted molar refractivity (Wildman–Crippen MR) is 75.1 cm³/mol. The van der Waals surface area contributed by atoms with Crippen LogP contribution in [0.3, 0.4) is 0 Å². The Morgan fingerprint density at radius 2 is 1.68 bits per heavy atom. The van der Waals surface area contributed by atoms with E-state index in [9.17, 15) is 5.11 Å². The molecule has 0 spiro atoms. The van der Waals surface area contributed by atoms with Gasteiger partial charge in [0.1, 0.15) is 6.10 Å². The molecule has 0 heterocycles. The maximum Gasteiger partial charge on any atom is 0.179 e. The van der Waals surface area contributed by atoms with Crippen molar-refractivity contribution in [1.29, 1.82) is 0 Å². The summed E-state index contributed by atoms with van der Waals surface area (Å²) in [6.07, 6.45) is -0.798. The largest absolute Gasteiger partial charge is 0.493 e. The van der Waals surface area contributed by atoms with Gasteiger partial charge in [-0.1, -0.05) is 48.0 Å². The molecule has 0 radical (unpaired) electrons. The third-order valence-corrected chi connectivity index (χ3v) is 3.31. The summed E-state index contributed by atoms with van der Waals surface area (Å²) in [5, 5.41) is 10.7. The fourth-order valence-electron chi connectivity index (χ4n) is 1.93. The van der Waals surface area contributed by atoms with E-state index in [4.69, 9.17) is 21.1 Å². The lowest BCUT2D eigenvalue weighted by Crippen LogP contribution is -2.02. The van der Waals surface area contributed by atoms with Crippen molar-refractivity contribution in [3.63, 3.8) is 0 Å². The third-order valence-electron chi connectivity index (χ3n) is 2.92. The fourth-order valence-corrected chi connectivity index (χ4v) is 2.27. The van der Waals surface area contributed by atoms with Crippen LogP contribution in [0.2, 0.25) is 5.02 Å². The van der Waals surface area contributed by atoms with E-state index in [1.165, 1.54) is 7.11 Å². The molecule has 4 heteroatoms. The molecule has 1 unspecified atom stereocenters. The van der Waals surface area contributed by atoms with Gasteiger partial charge in [0, 0.05) is 5.56 Å². The molecule has 19 heavy (non-hydrogen) atoms. The lowest BCUT2D eigenvalue weighted by molar-refractivity contribution is 0.219. The lowest BCUT2D eigenvalue weighted by atomic mass is 10.0. The Labute approximate surface area is 117 Å². The Morgan fingerprint density at radius 3 is 2.26 bits per heavy atom. The molecule has 3 nitrogen and oxygen atoms in total. The molecule has 100 valence electrons. The van der Waals surface area contributed by atoms with E-state index in [-0.39, 0.29) is 0 Å². The number of rotatable bonds is 4. The molecular formula is C15H15ClO3. The first-order valence-electron chi connectivity index (χ1n) is 5.82. The summed E-state index contributed by atoms with van der Waals surface area (Å²) < 4.78 is 10.4. The number of aliphatic hydroxyl groups excluding tert-OH is 1. The summed E-state index contributed by atoms with van der Waals surface area (Å²) >= 11 is 6.27. The smallest absolute Gasteiger partial charge is 0.179 e. The van der Waals surface area contributed by atoms with Crippen LogP contribution >= 0.6 is 11.6 Å². The van der Waals surface area contributed by atoms with Gasteiger partial charge in [-0.15, -0.1) is 0 Å². The predicted octanol–water partition coefficient (Wildman–Crippen LogP) is 3.44. The van der Waals surface area contributed by atoms with Crippen LogP contribution in [0, 0.1) is 0 Å². The monoisotopic (exact) mass is 278 g/mol. The molecule has 0 amide bonds. The number of methoxy groups -OCH3 is 2. The van der Waals surface area contributed by atoms with Gasteiger partial charge in [0.25, 0.3) is 0 Å². The molecule has 0 aliphatic heterocycles. The van der Waals surface area contributed by atoms with Gasteiger partial charge in [0.05, 0.1) is 19.2 Å². The zero-order chi connectivity index (χ0) is 13.8. The highest BCUT2D eigenvalue weighted by atomic mass is 35.5. The minimum atomic E-state index is -0.798. The van der Waals surface area contributed by atoms with Gasteiger partial charge in [-0.3, -0.25) is 0 Å². The van der Waals surface area contributed by atoms with Gasteiger partial charge in [-0.2, -0.15) is 0 Å². The Kier molecular flexibility index (Phi) is 4.30. The average Bonchev–Trinajstić information content (AvgIpc) is 2.47. The number of benzene rings is 2. The van der Waals surface area contributed by atoms with Crippen LogP contribution in [0.1, 0.15) is 17.2 Å². The SMILES string of the molecule is COc1ccc(C(O)c2ccccc2)c(Cl)c1OC. The fraction of sp³-hybridized carbons (Fsp3) is 0.200. The summed E-state index contributed by atoms with van der Waals surface area (Å²) in [4.78, 5) is 0. The zero-order valence-electron chi connectivity index (χ0n) is 10.8. The minimum absolute atomic E-state index is 0.359. The van der Waals surface area contributed by atoms with Crippen molar-refractivity contribution in [2.75, 3.05) is 14.2 Å². The van der Waals surface area contributed by atoms with Gasteiger partial charge in [-0.05, 0) is 11.6 Å². The number of halogens is 1. The van der Waals surface area contributed by atoms with E-state index in [0.29, 0.717) is 22.1 Å². The van der Waals surface area contributed by atoms with Crippen molar-refractivity contribution >= 4 is 11.6 Å². The van der Waals surface area contributed by atoms with Gasteiger partial charge in [0.2, 0.25) is 0 Å². The quantitative estimate of drug-likeness (QED) is 0.931. The number of hydrogen-bond donors (Lipinski definition) is 1. The first-order chi connectivity index (χ1) is 9.19. The zero-order valence-corrected chi connectivity index (χ0v) is 11.5. The second-order valence-electron chi connectivity index (χ2n) is 4.02. The maximum atomic E-state index is 10.4. The Balaban J connectivity index is 2.46. The molecule has 0 saturated heterocycles. The minimum Gasteiger partial charge on any atom is -0.493 e. The summed E-state index contributed by atoms with van der Waals surface area (Å²) in [5.41, 5.74) is 1.36. The average molecular weight is 279 g/mol. The van der Waals surface area contributed by atoms with Crippen molar-refractivity contribution in [3.8, 4) is 11.5 Å². The van der Waals surface area contributed by atoms with Gasteiger partial charge in [0.15, 0.2) is 11.5 Å². The third kappa shape index (κ3) is 2.67. The van der Waals surface area contributed by atoms with Crippen LogP contribution < -0.4 is 9.47 Å². The standard InChI is InChI=1S/C15H15ClO3/c1-18-12-9-8-11(13(16)15(12)19-2)14(17)10-6-4-3-5-7-10/h3-9,14,17H,1-2H3. The molecule has 2 aromatic rings. The summed E-state index contributed by atoms with van der Waals surface area (Å²) in [7, 11) is 3.06. The summed E-state index contributed by atoms with van der Waals surface area (Å²) in [5.74, 6) is 0.966. The van der Waals surface area contributed by atoms with Gasteiger partial charge < -0.3 is 14.6 Å².